The van der Waals surface area contributed by atoms with E-state index in [0.29, 0.717) is 29.1 Å². The molecule has 1 aliphatic carbocycles. The van der Waals surface area contributed by atoms with E-state index in [1.807, 2.05) is 56.4 Å². The zero-order valence-corrected chi connectivity index (χ0v) is 22.6. The van der Waals surface area contributed by atoms with E-state index in [2.05, 4.69) is 39.8 Å². The van der Waals surface area contributed by atoms with Crippen LogP contribution in [-0.4, -0.2) is 32.1 Å². The van der Waals surface area contributed by atoms with Crippen LogP contribution in [0.15, 0.2) is 63.5 Å². The molecule has 7 nitrogen and oxygen atoms in total. The molecule has 2 aromatic heterocycles. The van der Waals surface area contributed by atoms with Gasteiger partial charge in [0.1, 0.15) is 17.5 Å². The molecule has 0 radical (unpaired) electrons. The number of H-pyrrole nitrogens is 1. The maximum atomic E-state index is 14.7. The molecule has 1 aliphatic rings. The van der Waals surface area contributed by atoms with Gasteiger partial charge in [0.2, 0.25) is 0 Å². The second-order valence-electron chi connectivity index (χ2n) is 9.18. The van der Waals surface area contributed by atoms with E-state index in [-0.39, 0.29) is 5.82 Å². The Balaban J connectivity index is 1.83. The number of allylic oxidation sites excluding steroid dienone is 3. The van der Waals surface area contributed by atoms with E-state index >= 15 is 0 Å². The summed E-state index contributed by atoms with van der Waals surface area (Å²) in [6.45, 7) is 8.14. The number of aromatic amines is 1. The van der Waals surface area contributed by atoms with Crippen LogP contribution in [0.5, 0.6) is 0 Å². The van der Waals surface area contributed by atoms with Crippen molar-refractivity contribution in [2.75, 3.05) is 16.9 Å². The van der Waals surface area contributed by atoms with Crippen molar-refractivity contribution >= 4 is 34.7 Å². The van der Waals surface area contributed by atoms with Crippen molar-refractivity contribution in [2.24, 2.45) is 18.0 Å². The van der Waals surface area contributed by atoms with Gasteiger partial charge >= 0.3 is 0 Å². The maximum Gasteiger partial charge on any atom is 0.153 e. The molecule has 1 aromatic carbocycles. The fourth-order valence-corrected chi connectivity index (χ4v) is 4.55. The van der Waals surface area contributed by atoms with Crippen molar-refractivity contribution < 1.29 is 4.39 Å². The second kappa shape index (κ2) is 11.2. The number of aryl methyl sites for hydroxylation is 2. The molecule has 1 fully saturated rings. The number of benzene rings is 1. The fourth-order valence-electron chi connectivity index (χ4n) is 4.12. The molecule has 0 atom stereocenters. The summed E-state index contributed by atoms with van der Waals surface area (Å²) < 4.78 is 16.5. The molecular formula is C27H34FN7S. The minimum atomic E-state index is -0.307. The van der Waals surface area contributed by atoms with E-state index in [9.17, 15) is 4.39 Å². The predicted molar refractivity (Wildman–Crippen MR) is 148 cm³/mol. The normalized spacial score (nSPS) is 15.5. The van der Waals surface area contributed by atoms with Crippen LogP contribution in [0.25, 0.3) is 5.57 Å². The van der Waals surface area contributed by atoms with Crippen LogP contribution in [-0.2, 0) is 7.05 Å². The molecule has 4 rings (SSSR count). The lowest BCUT2D eigenvalue weighted by atomic mass is 9.91. The Morgan fingerprint density at radius 1 is 1.25 bits per heavy atom. The standard InChI is InChI=1S/C27H34FN7S/c1-7-16(2)25(20-14-29-35(5)15-20)26(19-8-9-19)27(32-24-12-17(3)33-34-24)31-18(4)30-23-11-10-21(36-6)13-22(23)28/h10-15,19H,7-9H2,1-6H3,(H,30,31)(H2,32,33,34)/b25-16+,27-26+. The fraction of sp³-hybridized carbons (Fsp3) is 0.370. The van der Waals surface area contributed by atoms with E-state index in [0.717, 1.165) is 46.6 Å². The molecule has 3 aromatic rings. The molecular weight excluding hydrogens is 473 g/mol. The SMILES string of the molecule is CC/C(C)=C(/C(=C(\N=C(/C)Nc1ccc(SC)cc1F)Nc1cc(C)[nH]n1)C1CC1)c1cnn(C)c1. The molecule has 0 amide bonds. The van der Waals surface area contributed by atoms with Crippen LogP contribution in [0.4, 0.5) is 15.9 Å². The first-order valence-electron chi connectivity index (χ1n) is 12.2. The zero-order valence-electron chi connectivity index (χ0n) is 21.7. The van der Waals surface area contributed by atoms with Crippen molar-refractivity contribution in [1.29, 1.82) is 0 Å². The first-order valence-corrected chi connectivity index (χ1v) is 13.4. The molecule has 0 spiro atoms. The summed E-state index contributed by atoms with van der Waals surface area (Å²) in [5, 5.41) is 18.4. The molecule has 0 bridgehead atoms. The number of aromatic nitrogens is 4. The van der Waals surface area contributed by atoms with Gasteiger partial charge in [-0.25, -0.2) is 9.38 Å². The number of halogens is 1. The van der Waals surface area contributed by atoms with Crippen molar-refractivity contribution in [1.82, 2.24) is 20.0 Å². The molecule has 36 heavy (non-hydrogen) atoms. The zero-order chi connectivity index (χ0) is 25.8. The Morgan fingerprint density at radius 3 is 2.58 bits per heavy atom. The molecule has 1 saturated carbocycles. The van der Waals surface area contributed by atoms with Crippen molar-refractivity contribution in [3.05, 3.63) is 70.7 Å². The number of hydrogen-bond acceptors (Lipinski definition) is 5. The van der Waals surface area contributed by atoms with Crippen LogP contribution >= 0.6 is 11.8 Å². The third kappa shape index (κ3) is 6.07. The highest BCUT2D eigenvalue weighted by atomic mass is 32.2. The van der Waals surface area contributed by atoms with E-state index in [1.165, 1.54) is 23.4 Å². The molecule has 9 heteroatoms. The quantitative estimate of drug-likeness (QED) is 0.129. The van der Waals surface area contributed by atoms with Crippen molar-refractivity contribution in [3.8, 4) is 0 Å². The van der Waals surface area contributed by atoms with Gasteiger partial charge < -0.3 is 10.6 Å². The Morgan fingerprint density at radius 2 is 2.03 bits per heavy atom. The number of thioether (sulfide) groups is 1. The van der Waals surface area contributed by atoms with Gasteiger partial charge in [-0.05, 0) is 76.0 Å². The van der Waals surface area contributed by atoms with Crippen molar-refractivity contribution in [2.45, 2.75) is 51.9 Å². The van der Waals surface area contributed by atoms with Crippen LogP contribution < -0.4 is 10.6 Å². The number of nitrogens with one attached hydrogen (secondary N) is 3. The van der Waals surface area contributed by atoms with Crippen LogP contribution in [0.3, 0.4) is 0 Å². The number of nitrogens with zero attached hydrogens (tertiary/aromatic N) is 4. The lowest BCUT2D eigenvalue weighted by molar-refractivity contribution is 0.628. The van der Waals surface area contributed by atoms with Gasteiger partial charge in [0.15, 0.2) is 5.82 Å². The van der Waals surface area contributed by atoms with Gasteiger partial charge in [-0.2, -0.15) is 10.2 Å². The van der Waals surface area contributed by atoms with Crippen LogP contribution in [0, 0.1) is 18.7 Å². The molecule has 0 unspecified atom stereocenters. The Labute approximate surface area is 216 Å². The third-order valence-electron chi connectivity index (χ3n) is 6.18. The van der Waals surface area contributed by atoms with E-state index < -0.39 is 0 Å². The Kier molecular flexibility index (Phi) is 7.98. The first-order chi connectivity index (χ1) is 17.3. The largest absolute Gasteiger partial charge is 0.342 e. The molecule has 2 heterocycles. The smallest absolute Gasteiger partial charge is 0.153 e. The number of anilines is 2. The van der Waals surface area contributed by atoms with Gasteiger partial charge in [0, 0.05) is 41.0 Å². The predicted octanol–water partition coefficient (Wildman–Crippen LogP) is 6.76. The Bertz CT molecular complexity index is 1330. The summed E-state index contributed by atoms with van der Waals surface area (Å²) in [4.78, 5) is 5.85. The monoisotopic (exact) mass is 507 g/mol. The summed E-state index contributed by atoms with van der Waals surface area (Å²) in [6, 6.07) is 7.13. The average Bonchev–Trinajstić information content (AvgIpc) is 3.47. The lowest BCUT2D eigenvalue weighted by Crippen LogP contribution is -2.13. The van der Waals surface area contributed by atoms with Crippen LogP contribution in [0.2, 0.25) is 0 Å². The second-order valence-corrected chi connectivity index (χ2v) is 10.1. The minimum absolute atomic E-state index is 0.307. The summed E-state index contributed by atoms with van der Waals surface area (Å²) in [6.07, 6.45) is 8.97. The summed E-state index contributed by atoms with van der Waals surface area (Å²) >= 11 is 1.51. The summed E-state index contributed by atoms with van der Waals surface area (Å²) in [5.74, 6) is 2.05. The van der Waals surface area contributed by atoms with E-state index in [1.54, 1.807) is 6.07 Å². The topological polar surface area (TPSA) is 82.9 Å². The third-order valence-corrected chi connectivity index (χ3v) is 6.91. The molecule has 190 valence electrons. The van der Waals surface area contributed by atoms with Gasteiger partial charge in [-0.3, -0.25) is 9.78 Å². The maximum absolute atomic E-state index is 14.7. The number of aliphatic imine (C=N–C) groups is 1. The van der Waals surface area contributed by atoms with Gasteiger partial charge in [0.05, 0.1) is 11.9 Å². The highest BCUT2D eigenvalue weighted by Gasteiger charge is 2.33. The highest BCUT2D eigenvalue weighted by molar-refractivity contribution is 7.98. The minimum Gasteiger partial charge on any atom is -0.342 e. The molecule has 0 saturated heterocycles. The van der Waals surface area contributed by atoms with Gasteiger partial charge in [-0.15, -0.1) is 11.8 Å². The highest BCUT2D eigenvalue weighted by Crippen LogP contribution is 2.46. The number of rotatable bonds is 9. The summed E-state index contributed by atoms with van der Waals surface area (Å²) in [7, 11) is 1.93. The molecule has 0 aliphatic heterocycles. The first kappa shape index (κ1) is 25.8. The summed E-state index contributed by atoms with van der Waals surface area (Å²) in [5.41, 5.74) is 5.98. The van der Waals surface area contributed by atoms with Crippen LogP contribution in [0.1, 0.15) is 51.3 Å². The van der Waals surface area contributed by atoms with Gasteiger partial charge in [0.25, 0.3) is 0 Å². The molecule has 3 N–H and O–H groups in total. The Hall–Kier alpha value is -3.33. The van der Waals surface area contributed by atoms with Gasteiger partial charge in [-0.1, -0.05) is 12.5 Å². The number of hydrogen-bond donors (Lipinski definition) is 3. The van der Waals surface area contributed by atoms with Crippen molar-refractivity contribution in [3.63, 3.8) is 0 Å². The van der Waals surface area contributed by atoms with E-state index in [4.69, 9.17) is 4.99 Å². The number of amidine groups is 1. The lowest BCUT2D eigenvalue weighted by Gasteiger charge is -2.19. The average molecular weight is 508 g/mol.